The molecule has 0 unspecified atom stereocenters. The molecule has 1 N–H and O–H groups in total. The van der Waals surface area contributed by atoms with E-state index in [0.29, 0.717) is 37.0 Å². The van der Waals surface area contributed by atoms with E-state index in [-0.39, 0.29) is 5.75 Å². The summed E-state index contributed by atoms with van der Waals surface area (Å²) in [5, 5.41) is 3.15. The van der Waals surface area contributed by atoms with Gasteiger partial charge < -0.3 is 24.4 Å². The number of halogens is 2. The van der Waals surface area contributed by atoms with Gasteiger partial charge in [0.2, 0.25) is 0 Å². The van der Waals surface area contributed by atoms with E-state index >= 15 is 0 Å². The van der Waals surface area contributed by atoms with Crippen molar-refractivity contribution in [2.75, 3.05) is 41.0 Å². The average Bonchev–Trinajstić information content (AvgIpc) is 3.44. The third kappa shape index (κ3) is 6.67. The van der Waals surface area contributed by atoms with Crippen molar-refractivity contribution in [3.63, 3.8) is 0 Å². The number of benzene rings is 1. The lowest BCUT2D eigenvalue weighted by atomic mass is 10.2. The topological polar surface area (TPSA) is 55.3 Å². The Morgan fingerprint density at radius 2 is 2.15 bits per heavy atom. The summed E-state index contributed by atoms with van der Waals surface area (Å²) < 4.78 is 40.6. The van der Waals surface area contributed by atoms with E-state index in [9.17, 15) is 8.78 Å². The van der Waals surface area contributed by atoms with Crippen molar-refractivity contribution in [3.05, 3.63) is 23.8 Å². The molecule has 1 aromatic rings. The zero-order valence-electron chi connectivity index (χ0n) is 15.5. The Labute approximate surface area is 153 Å². The van der Waals surface area contributed by atoms with Crippen molar-refractivity contribution < 1.29 is 23.0 Å². The van der Waals surface area contributed by atoms with Crippen LogP contribution in [-0.2, 0) is 11.3 Å². The second kappa shape index (κ2) is 10.2. The number of likely N-dealkylation sites (N-methyl/N-ethyl adjacent to an activating group) is 1. The molecule has 0 amide bonds. The summed E-state index contributed by atoms with van der Waals surface area (Å²) in [7, 11) is 5.05. The number of rotatable bonds is 10. The predicted molar refractivity (Wildman–Crippen MR) is 96.0 cm³/mol. The smallest absolute Gasteiger partial charge is 0.387 e. The van der Waals surface area contributed by atoms with Gasteiger partial charge in [-0.25, -0.2) is 0 Å². The fourth-order valence-electron chi connectivity index (χ4n) is 2.41. The lowest BCUT2D eigenvalue weighted by Gasteiger charge is -2.22. The molecule has 1 aliphatic carbocycles. The van der Waals surface area contributed by atoms with Gasteiger partial charge in [-0.1, -0.05) is 0 Å². The van der Waals surface area contributed by atoms with Crippen LogP contribution in [-0.4, -0.2) is 58.4 Å². The fraction of sp³-hybridized carbons (Fsp3) is 0.611. The SMILES string of the molecule is CN=C(NCc1ccc(OC)cc1OC(F)F)N(C)CCOCC1CC1. The number of hydrogen-bond acceptors (Lipinski definition) is 4. The molecule has 0 radical (unpaired) electrons. The summed E-state index contributed by atoms with van der Waals surface area (Å²) in [5.41, 5.74) is 0.589. The number of nitrogens with zero attached hydrogens (tertiary/aromatic N) is 2. The number of hydrogen-bond donors (Lipinski definition) is 1. The molecule has 1 fully saturated rings. The summed E-state index contributed by atoms with van der Waals surface area (Å²) in [6.45, 7) is -0.469. The normalized spacial score (nSPS) is 14.5. The summed E-state index contributed by atoms with van der Waals surface area (Å²) in [5.74, 6) is 1.93. The highest BCUT2D eigenvalue weighted by molar-refractivity contribution is 5.79. The van der Waals surface area contributed by atoms with Gasteiger partial charge in [-0.15, -0.1) is 0 Å². The Hall–Kier alpha value is -2.09. The van der Waals surface area contributed by atoms with Gasteiger partial charge >= 0.3 is 6.61 Å². The quantitative estimate of drug-likeness (QED) is 0.389. The van der Waals surface area contributed by atoms with E-state index in [1.165, 1.54) is 26.0 Å². The molecule has 1 aromatic carbocycles. The first-order chi connectivity index (χ1) is 12.5. The van der Waals surface area contributed by atoms with Gasteiger partial charge in [-0.3, -0.25) is 4.99 Å². The summed E-state index contributed by atoms with van der Waals surface area (Å²) in [6.07, 6.45) is 2.54. The number of ether oxygens (including phenoxy) is 3. The minimum absolute atomic E-state index is 0.0812. The molecule has 0 bridgehead atoms. The maximum Gasteiger partial charge on any atom is 0.387 e. The van der Waals surface area contributed by atoms with Crippen LogP contribution in [0.25, 0.3) is 0 Å². The predicted octanol–water partition coefficient (Wildman–Crippen LogP) is 2.73. The van der Waals surface area contributed by atoms with Crippen LogP contribution in [0.4, 0.5) is 8.78 Å². The molecule has 0 atom stereocenters. The Kier molecular flexibility index (Phi) is 7.90. The maximum atomic E-state index is 12.6. The Bertz CT molecular complexity index is 595. The van der Waals surface area contributed by atoms with Crippen molar-refractivity contribution in [3.8, 4) is 11.5 Å². The van der Waals surface area contributed by atoms with Gasteiger partial charge in [0.1, 0.15) is 11.5 Å². The molecule has 8 heteroatoms. The largest absolute Gasteiger partial charge is 0.497 e. The molecule has 26 heavy (non-hydrogen) atoms. The minimum Gasteiger partial charge on any atom is -0.497 e. The van der Waals surface area contributed by atoms with Crippen LogP contribution in [0.3, 0.4) is 0 Å². The van der Waals surface area contributed by atoms with Crippen molar-refractivity contribution in [2.45, 2.75) is 26.0 Å². The number of alkyl halides is 2. The zero-order valence-corrected chi connectivity index (χ0v) is 15.5. The van der Waals surface area contributed by atoms with Gasteiger partial charge in [-0.2, -0.15) is 8.78 Å². The van der Waals surface area contributed by atoms with Crippen molar-refractivity contribution >= 4 is 5.96 Å². The van der Waals surface area contributed by atoms with Crippen LogP contribution in [0, 0.1) is 5.92 Å². The highest BCUT2D eigenvalue weighted by Gasteiger charge is 2.21. The first-order valence-electron chi connectivity index (χ1n) is 8.64. The zero-order chi connectivity index (χ0) is 18.9. The molecule has 0 aromatic heterocycles. The molecule has 0 heterocycles. The summed E-state index contributed by atoms with van der Waals surface area (Å²) in [4.78, 5) is 6.15. The number of aliphatic imine (C=N–C) groups is 1. The van der Waals surface area contributed by atoms with Gasteiger partial charge in [0.15, 0.2) is 5.96 Å². The lowest BCUT2D eigenvalue weighted by molar-refractivity contribution is -0.0505. The standard InChI is InChI=1S/C18H27F2N3O3/c1-21-18(23(2)8-9-25-12-13-4-5-13)22-11-14-6-7-15(24-3)10-16(14)26-17(19)20/h6-7,10,13,17H,4-5,8-9,11-12H2,1-3H3,(H,21,22). The van der Waals surface area contributed by atoms with Crippen molar-refractivity contribution in [1.29, 1.82) is 0 Å². The molecule has 0 aliphatic heterocycles. The summed E-state index contributed by atoms with van der Waals surface area (Å²) in [6, 6.07) is 4.84. The van der Waals surface area contributed by atoms with Crippen LogP contribution in [0.15, 0.2) is 23.2 Å². The first-order valence-corrected chi connectivity index (χ1v) is 8.64. The van der Waals surface area contributed by atoms with E-state index in [4.69, 9.17) is 9.47 Å². The molecule has 6 nitrogen and oxygen atoms in total. The second-order valence-corrected chi connectivity index (χ2v) is 6.19. The highest BCUT2D eigenvalue weighted by Crippen LogP contribution is 2.28. The minimum atomic E-state index is -2.90. The van der Waals surface area contributed by atoms with Crippen LogP contribution in [0.1, 0.15) is 18.4 Å². The molecule has 146 valence electrons. The van der Waals surface area contributed by atoms with Crippen molar-refractivity contribution in [1.82, 2.24) is 10.2 Å². The molecule has 0 spiro atoms. The fourth-order valence-corrected chi connectivity index (χ4v) is 2.41. The summed E-state index contributed by atoms with van der Waals surface area (Å²) >= 11 is 0. The van der Waals surface area contributed by atoms with Crippen LogP contribution >= 0.6 is 0 Å². The Morgan fingerprint density at radius 3 is 2.77 bits per heavy atom. The van der Waals surface area contributed by atoms with Gasteiger partial charge in [0, 0.05) is 45.4 Å². The van der Waals surface area contributed by atoms with Gasteiger partial charge in [0.25, 0.3) is 0 Å². The first kappa shape index (κ1) is 20.2. The van der Waals surface area contributed by atoms with E-state index in [0.717, 1.165) is 12.5 Å². The number of guanidine groups is 1. The van der Waals surface area contributed by atoms with E-state index in [2.05, 4.69) is 15.0 Å². The van der Waals surface area contributed by atoms with Crippen molar-refractivity contribution in [2.24, 2.45) is 10.9 Å². The Morgan fingerprint density at radius 1 is 1.38 bits per heavy atom. The van der Waals surface area contributed by atoms with Crippen LogP contribution in [0.5, 0.6) is 11.5 Å². The molecule has 0 saturated heterocycles. The Balaban J connectivity index is 1.87. The van der Waals surface area contributed by atoms with Gasteiger partial charge in [-0.05, 0) is 30.9 Å². The highest BCUT2D eigenvalue weighted by atomic mass is 19.3. The van der Waals surface area contributed by atoms with Gasteiger partial charge in [0.05, 0.1) is 13.7 Å². The van der Waals surface area contributed by atoms with Crippen LogP contribution in [0.2, 0.25) is 0 Å². The van der Waals surface area contributed by atoms with E-state index in [1.54, 1.807) is 19.2 Å². The molecule has 1 saturated carbocycles. The number of methoxy groups -OCH3 is 1. The molecular formula is C18H27F2N3O3. The third-order valence-corrected chi connectivity index (χ3v) is 4.12. The molecule has 1 aliphatic rings. The third-order valence-electron chi connectivity index (χ3n) is 4.12. The molecular weight excluding hydrogens is 344 g/mol. The molecule has 2 rings (SSSR count). The van der Waals surface area contributed by atoms with E-state index in [1.807, 2.05) is 11.9 Å². The monoisotopic (exact) mass is 371 g/mol. The maximum absolute atomic E-state index is 12.6. The van der Waals surface area contributed by atoms with Crippen LogP contribution < -0.4 is 14.8 Å². The number of nitrogens with one attached hydrogen (secondary N) is 1. The van der Waals surface area contributed by atoms with E-state index < -0.39 is 6.61 Å². The lowest BCUT2D eigenvalue weighted by Crippen LogP contribution is -2.40. The average molecular weight is 371 g/mol. The second-order valence-electron chi connectivity index (χ2n) is 6.19.